The fourth-order valence-electron chi connectivity index (χ4n) is 3.82. The van der Waals surface area contributed by atoms with Crippen LogP contribution in [-0.4, -0.2) is 56.4 Å². The first-order valence-corrected chi connectivity index (χ1v) is 8.71. The molecule has 1 amide bonds. The predicted octanol–water partition coefficient (Wildman–Crippen LogP) is 1.65. The van der Waals surface area contributed by atoms with Gasteiger partial charge in [0, 0.05) is 55.9 Å². The van der Waals surface area contributed by atoms with E-state index in [9.17, 15) is 4.79 Å². The number of nitrogens with zero attached hydrogens (tertiary/aromatic N) is 5. The molecule has 0 aromatic carbocycles. The molecule has 2 aromatic heterocycles. The van der Waals surface area contributed by atoms with E-state index in [0.29, 0.717) is 18.0 Å². The molecular weight excluding hydrogens is 302 g/mol. The van der Waals surface area contributed by atoms with Crippen molar-refractivity contribution in [1.29, 1.82) is 0 Å². The summed E-state index contributed by atoms with van der Waals surface area (Å²) >= 11 is 0. The highest BCUT2D eigenvalue weighted by Gasteiger charge is 2.28. The van der Waals surface area contributed by atoms with Gasteiger partial charge in [-0.2, -0.15) is 0 Å². The van der Waals surface area contributed by atoms with Gasteiger partial charge in [-0.05, 0) is 38.1 Å². The number of rotatable bonds is 3. The first kappa shape index (κ1) is 15.3. The van der Waals surface area contributed by atoms with Gasteiger partial charge in [0.25, 0.3) is 5.91 Å². The molecule has 1 saturated heterocycles. The molecule has 24 heavy (non-hydrogen) atoms. The SMILES string of the molecule is O=C(c1ccncc1)N1Cc2nccn2C[C@@H](CN2CCCC2)C1. The van der Waals surface area contributed by atoms with Gasteiger partial charge < -0.3 is 14.4 Å². The number of imidazole rings is 1. The Kier molecular flexibility index (Phi) is 4.30. The molecule has 6 heteroatoms. The van der Waals surface area contributed by atoms with Crippen LogP contribution in [0.15, 0.2) is 36.9 Å². The number of fused-ring (bicyclic) bond motifs is 1. The van der Waals surface area contributed by atoms with E-state index in [1.54, 1.807) is 24.5 Å². The fourth-order valence-corrected chi connectivity index (χ4v) is 3.82. The minimum absolute atomic E-state index is 0.0697. The molecule has 6 nitrogen and oxygen atoms in total. The van der Waals surface area contributed by atoms with Crippen molar-refractivity contribution >= 4 is 5.91 Å². The third-order valence-corrected chi connectivity index (χ3v) is 5.00. The summed E-state index contributed by atoms with van der Waals surface area (Å²) in [5.74, 6) is 1.48. The number of hydrogen-bond acceptors (Lipinski definition) is 4. The maximum atomic E-state index is 12.9. The average molecular weight is 325 g/mol. The van der Waals surface area contributed by atoms with Crippen LogP contribution in [0.4, 0.5) is 0 Å². The van der Waals surface area contributed by atoms with E-state index in [0.717, 1.165) is 25.5 Å². The van der Waals surface area contributed by atoms with Gasteiger partial charge in [-0.25, -0.2) is 4.98 Å². The Morgan fingerprint density at radius 3 is 2.71 bits per heavy atom. The molecule has 1 fully saturated rings. The van der Waals surface area contributed by atoms with Gasteiger partial charge in [-0.15, -0.1) is 0 Å². The Morgan fingerprint density at radius 2 is 1.92 bits per heavy atom. The molecule has 0 saturated carbocycles. The second-order valence-corrected chi connectivity index (χ2v) is 6.79. The van der Waals surface area contributed by atoms with E-state index in [1.807, 2.05) is 17.3 Å². The molecule has 0 unspecified atom stereocenters. The van der Waals surface area contributed by atoms with Crippen molar-refractivity contribution < 1.29 is 4.79 Å². The summed E-state index contributed by atoms with van der Waals surface area (Å²) in [6.07, 6.45) is 9.81. The van der Waals surface area contributed by atoms with Crippen LogP contribution < -0.4 is 0 Å². The molecule has 2 aromatic rings. The number of amides is 1. The normalized spacial score (nSPS) is 21.5. The second kappa shape index (κ2) is 6.73. The zero-order chi connectivity index (χ0) is 16.4. The van der Waals surface area contributed by atoms with Crippen molar-refractivity contribution in [3.8, 4) is 0 Å². The van der Waals surface area contributed by atoms with Crippen LogP contribution in [0.3, 0.4) is 0 Å². The van der Waals surface area contributed by atoms with Crippen LogP contribution in [0.25, 0.3) is 0 Å². The third kappa shape index (κ3) is 3.19. The van der Waals surface area contributed by atoms with E-state index in [-0.39, 0.29) is 5.91 Å². The maximum Gasteiger partial charge on any atom is 0.254 e. The topological polar surface area (TPSA) is 54.3 Å². The first-order valence-electron chi connectivity index (χ1n) is 8.71. The Bertz CT molecular complexity index is 692. The van der Waals surface area contributed by atoms with E-state index in [4.69, 9.17) is 0 Å². The van der Waals surface area contributed by atoms with E-state index < -0.39 is 0 Å². The number of carbonyl (C=O) groups excluding carboxylic acids is 1. The lowest BCUT2D eigenvalue weighted by molar-refractivity contribution is 0.0707. The molecule has 0 spiro atoms. The number of carbonyl (C=O) groups is 1. The highest BCUT2D eigenvalue weighted by molar-refractivity contribution is 5.94. The summed E-state index contributed by atoms with van der Waals surface area (Å²) in [5.41, 5.74) is 0.699. The largest absolute Gasteiger partial charge is 0.333 e. The molecular formula is C18H23N5O. The van der Waals surface area contributed by atoms with E-state index >= 15 is 0 Å². The van der Waals surface area contributed by atoms with Gasteiger partial charge in [0.15, 0.2) is 0 Å². The van der Waals surface area contributed by atoms with Crippen LogP contribution in [0.2, 0.25) is 0 Å². The van der Waals surface area contributed by atoms with Crippen LogP contribution in [0.1, 0.15) is 29.0 Å². The standard InChI is InChI=1S/C18H23N5O/c24-18(16-3-5-19-6-4-16)23-13-15(11-21-8-1-2-9-21)12-22-10-7-20-17(22)14-23/h3-7,10,15H,1-2,8-9,11-14H2/t15-/m1/s1. The molecule has 0 N–H and O–H groups in total. The van der Waals surface area contributed by atoms with Crippen molar-refractivity contribution in [2.75, 3.05) is 26.2 Å². The van der Waals surface area contributed by atoms with E-state index in [1.165, 1.54) is 25.9 Å². The maximum absolute atomic E-state index is 12.9. The highest BCUT2D eigenvalue weighted by atomic mass is 16.2. The molecule has 0 bridgehead atoms. The van der Waals surface area contributed by atoms with Crippen LogP contribution in [-0.2, 0) is 13.1 Å². The lowest BCUT2D eigenvalue weighted by atomic mass is 10.1. The molecule has 4 heterocycles. The fraction of sp³-hybridized carbons (Fsp3) is 0.500. The second-order valence-electron chi connectivity index (χ2n) is 6.79. The van der Waals surface area contributed by atoms with Crippen molar-refractivity contribution in [3.05, 3.63) is 48.3 Å². The monoisotopic (exact) mass is 325 g/mol. The van der Waals surface area contributed by atoms with Gasteiger partial charge in [0.05, 0.1) is 6.54 Å². The van der Waals surface area contributed by atoms with Crippen molar-refractivity contribution in [2.45, 2.75) is 25.9 Å². The molecule has 2 aliphatic heterocycles. The van der Waals surface area contributed by atoms with Gasteiger partial charge in [0.2, 0.25) is 0 Å². The number of pyridine rings is 1. The summed E-state index contributed by atoms with van der Waals surface area (Å²) in [6, 6.07) is 3.57. The van der Waals surface area contributed by atoms with Crippen molar-refractivity contribution in [3.63, 3.8) is 0 Å². The van der Waals surface area contributed by atoms with Gasteiger partial charge in [-0.3, -0.25) is 9.78 Å². The summed E-state index contributed by atoms with van der Waals surface area (Å²) < 4.78 is 2.21. The first-order chi connectivity index (χ1) is 11.8. The minimum Gasteiger partial charge on any atom is -0.333 e. The smallest absolute Gasteiger partial charge is 0.254 e. The lowest BCUT2D eigenvalue weighted by Crippen LogP contribution is -2.38. The van der Waals surface area contributed by atoms with Crippen molar-refractivity contribution in [1.82, 2.24) is 24.3 Å². The average Bonchev–Trinajstić information content (AvgIpc) is 3.24. The van der Waals surface area contributed by atoms with Gasteiger partial charge >= 0.3 is 0 Å². The molecule has 2 aliphatic rings. The van der Waals surface area contributed by atoms with Crippen LogP contribution >= 0.6 is 0 Å². The molecule has 1 atom stereocenters. The highest BCUT2D eigenvalue weighted by Crippen LogP contribution is 2.20. The Labute approximate surface area is 142 Å². The minimum atomic E-state index is 0.0697. The summed E-state index contributed by atoms with van der Waals surface area (Å²) in [6.45, 7) is 5.71. The zero-order valence-corrected chi connectivity index (χ0v) is 13.8. The lowest BCUT2D eigenvalue weighted by Gasteiger charge is -2.27. The number of likely N-dealkylation sites (tertiary alicyclic amines) is 1. The Balaban J connectivity index is 1.55. The van der Waals surface area contributed by atoms with Crippen LogP contribution in [0, 0.1) is 5.92 Å². The third-order valence-electron chi connectivity index (χ3n) is 5.00. The Morgan fingerprint density at radius 1 is 1.12 bits per heavy atom. The molecule has 126 valence electrons. The summed E-state index contributed by atoms with van der Waals surface area (Å²) in [7, 11) is 0. The van der Waals surface area contributed by atoms with Crippen molar-refractivity contribution in [2.24, 2.45) is 5.92 Å². The number of aromatic nitrogens is 3. The van der Waals surface area contributed by atoms with E-state index in [2.05, 4.69) is 19.4 Å². The van der Waals surface area contributed by atoms with Gasteiger partial charge in [-0.1, -0.05) is 0 Å². The molecule has 0 radical (unpaired) electrons. The zero-order valence-electron chi connectivity index (χ0n) is 13.8. The quantitative estimate of drug-likeness (QED) is 0.861. The summed E-state index contributed by atoms with van der Waals surface area (Å²) in [5, 5.41) is 0. The summed E-state index contributed by atoms with van der Waals surface area (Å²) in [4.78, 5) is 25.9. The predicted molar refractivity (Wildman–Crippen MR) is 90.4 cm³/mol. The van der Waals surface area contributed by atoms with Gasteiger partial charge in [0.1, 0.15) is 5.82 Å². The van der Waals surface area contributed by atoms with Crippen LogP contribution in [0.5, 0.6) is 0 Å². The molecule has 0 aliphatic carbocycles. The number of hydrogen-bond donors (Lipinski definition) is 0. The Hall–Kier alpha value is -2.21. The molecule has 4 rings (SSSR count).